The number of amides is 2. The number of hydrogen-bond acceptors (Lipinski definition) is 6. The van der Waals surface area contributed by atoms with Gasteiger partial charge in [-0.3, -0.25) is 19.3 Å². The van der Waals surface area contributed by atoms with Crippen molar-refractivity contribution in [3.8, 4) is 5.75 Å². The van der Waals surface area contributed by atoms with Gasteiger partial charge in [0.15, 0.2) is 0 Å². The van der Waals surface area contributed by atoms with E-state index in [0.717, 1.165) is 28.6 Å². The van der Waals surface area contributed by atoms with Crippen molar-refractivity contribution in [2.24, 2.45) is 0 Å². The average molecular weight is 495 g/mol. The first-order valence-corrected chi connectivity index (χ1v) is 11.8. The summed E-state index contributed by atoms with van der Waals surface area (Å²) in [5, 5.41) is 14.0. The Hall–Kier alpha value is -3.38. The maximum atomic E-state index is 13.4. The SMILES string of the molecule is CN(C)C(C)(C)C(=O)NCC1CN(S(=O)(=O)c2ccc(F)cc2)c2cc(NC(=O)O)ccc2O1. The molecule has 1 aliphatic rings. The molecule has 1 heterocycles. The second kappa shape index (κ2) is 9.47. The van der Waals surface area contributed by atoms with Gasteiger partial charge in [0.05, 0.1) is 29.2 Å². The quantitative estimate of drug-likeness (QED) is 0.539. The Morgan fingerprint density at radius 2 is 1.85 bits per heavy atom. The van der Waals surface area contributed by atoms with Crippen LogP contribution < -0.4 is 19.7 Å². The molecule has 0 saturated heterocycles. The number of halogens is 1. The molecule has 3 N–H and O–H groups in total. The minimum absolute atomic E-state index is 0.0279. The highest BCUT2D eigenvalue weighted by Gasteiger charge is 2.36. The summed E-state index contributed by atoms with van der Waals surface area (Å²) >= 11 is 0. The van der Waals surface area contributed by atoms with Crippen molar-refractivity contribution in [3.05, 3.63) is 48.3 Å². The van der Waals surface area contributed by atoms with E-state index in [-0.39, 0.29) is 41.0 Å². The molecular formula is C22H27FN4O6S. The van der Waals surface area contributed by atoms with Crippen LogP contribution in [0.4, 0.5) is 20.6 Å². The molecular weight excluding hydrogens is 467 g/mol. The fourth-order valence-electron chi connectivity index (χ4n) is 3.21. The lowest BCUT2D eigenvalue weighted by molar-refractivity contribution is -0.130. The number of nitrogens with one attached hydrogen (secondary N) is 2. The lowest BCUT2D eigenvalue weighted by Crippen LogP contribution is -2.55. The molecule has 0 fully saturated rings. The van der Waals surface area contributed by atoms with Crippen LogP contribution in [0.25, 0.3) is 0 Å². The van der Waals surface area contributed by atoms with E-state index in [9.17, 15) is 22.4 Å². The molecule has 0 spiro atoms. The van der Waals surface area contributed by atoms with Crippen LogP contribution in [0.5, 0.6) is 5.75 Å². The van der Waals surface area contributed by atoms with E-state index in [1.54, 1.807) is 32.8 Å². The predicted molar refractivity (Wildman–Crippen MR) is 124 cm³/mol. The maximum Gasteiger partial charge on any atom is 0.409 e. The zero-order valence-electron chi connectivity index (χ0n) is 19.2. The zero-order valence-corrected chi connectivity index (χ0v) is 20.0. The second-order valence-electron chi connectivity index (χ2n) is 8.51. The van der Waals surface area contributed by atoms with Crippen molar-refractivity contribution < 1.29 is 32.2 Å². The largest absolute Gasteiger partial charge is 0.484 e. The smallest absolute Gasteiger partial charge is 0.409 e. The van der Waals surface area contributed by atoms with Crippen LogP contribution in [0.2, 0.25) is 0 Å². The number of fused-ring (bicyclic) bond motifs is 1. The molecule has 0 radical (unpaired) electrons. The van der Waals surface area contributed by atoms with E-state index in [0.29, 0.717) is 0 Å². The summed E-state index contributed by atoms with van der Waals surface area (Å²) in [6, 6.07) is 8.60. The fourth-order valence-corrected chi connectivity index (χ4v) is 4.71. The number of hydrogen-bond donors (Lipinski definition) is 3. The minimum Gasteiger partial charge on any atom is -0.484 e. The summed E-state index contributed by atoms with van der Waals surface area (Å²) in [6.07, 6.45) is -2.04. The van der Waals surface area contributed by atoms with Crippen LogP contribution in [0.1, 0.15) is 13.8 Å². The van der Waals surface area contributed by atoms with Crippen LogP contribution >= 0.6 is 0 Å². The Kier molecular flexibility index (Phi) is 7.03. The molecule has 0 aromatic heterocycles. The maximum absolute atomic E-state index is 13.4. The summed E-state index contributed by atoms with van der Waals surface area (Å²) < 4.78 is 47.3. The number of likely N-dealkylation sites (N-methyl/N-ethyl adjacent to an activating group) is 1. The number of carbonyl (C=O) groups excluding carboxylic acids is 1. The Labute approximate surface area is 197 Å². The van der Waals surface area contributed by atoms with E-state index in [1.165, 1.54) is 18.2 Å². The van der Waals surface area contributed by atoms with E-state index in [2.05, 4.69) is 10.6 Å². The van der Waals surface area contributed by atoms with Crippen LogP contribution in [0, 0.1) is 5.82 Å². The van der Waals surface area contributed by atoms with Crippen molar-refractivity contribution >= 4 is 33.4 Å². The van der Waals surface area contributed by atoms with E-state index in [4.69, 9.17) is 9.84 Å². The van der Waals surface area contributed by atoms with Gasteiger partial charge in [-0.1, -0.05) is 0 Å². The summed E-state index contributed by atoms with van der Waals surface area (Å²) in [5.74, 6) is -0.654. The number of carbonyl (C=O) groups is 2. The highest BCUT2D eigenvalue weighted by molar-refractivity contribution is 7.92. The Morgan fingerprint density at radius 3 is 2.44 bits per heavy atom. The zero-order chi connectivity index (χ0) is 25.3. The number of rotatable bonds is 7. The first kappa shape index (κ1) is 25.2. The first-order chi connectivity index (χ1) is 15.8. The van der Waals surface area contributed by atoms with E-state index >= 15 is 0 Å². The second-order valence-corrected chi connectivity index (χ2v) is 10.4. The lowest BCUT2D eigenvalue weighted by atomic mass is 10.0. The molecule has 2 amide bonds. The Morgan fingerprint density at radius 1 is 1.21 bits per heavy atom. The summed E-state index contributed by atoms with van der Waals surface area (Å²) in [6.45, 7) is 3.37. The number of sulfonamides is 1. The summed E-state index contributed by atoms with van der Waals surface area (Å²) in [7, 11) is -0.619. The van der Waals surface area contributed by atoms with Crippen LogP contribution in [0.3, 0.4) is 0 Å². The molecule has 1 aliphatic heterocycles. The van der Waals surface area contributed by atoms with Crippen molar-refractivity contribution in [3.63, 3.8) is 0 Å². The summed E-state index contributed by atoms with van der Waals surface area (Å²) in [4.78, 5) is 25.3. The van der Waals surface area contributed by atoms with Crippen LogP contribution in [-0.2, 0) is 14.8 Å². The van der Waals surface area contributed by atoms with Crippen LogP contribution in [0.15, 0.2) is 47.4 Å². The van der Waals surface area contributed by atoms with Crippen molar-refractivity contribution in [2.75, 3.05) is 36.8 Å². The number of benzene rings is 2. The predicted octanol–water partition coefficient (Wildman–Crippen LogP) is 2.33. The van der Waals surface area contributed by atoms with E-state index < -0.39 is 33.6 Å². The van der Waals surface area contributed by atoms with Gasteiger partial charge >= 0.3 is 6.09 Å². The molecule has 10 nitrogen and oxygen atoms in total. The van der Waals surface area contributed by atoms with Gasteiger partial charge in [-0.05, 0) is 70.4 Å². The molecule has 184 valence electrons. The fraction of sp³-hybridized carbons (Fsp3) is 0.364. The van der Waals surface area contributed by atoms with Gasteiger partial charge in [0.2, 0.25) is 5.91 Å². The molecule has 0 saturated carbocycles. The molecule has 3 rings (SSSR count). The standard InChI is InChI=1S/C22H27FN4O6S/c1-22(2,26(3)4)20(28)24-12-16-13-27(34(31,32)17-8-5-14(23)6-9-17)18-11-15(25-21(29)30)7-10-19(18)33-16/h5-11,16,25H,12-13H2,1-4H3,(H,24,28)(H,29,30). The highest BCUT2D eigenvalue weighted by Crippen LogP contribution is 2.39. The molecule has 1 unspecified atom stereocenters. The van der Waals surface area contributed by atoms with Gasteiger partial charge in [-0.15, -0.1) is 0 Å². The third-order valence-corrected chi connectivity index (χ3v) is 7.50. The summed E-state index contributed by atoms with van der Waals surface area (Å²) in [5.41, 5.74) is -0.537. The molecule has 2 aromatic rings. The Balaban J connectivity index is 1.95. The van der Waals surface area contributed by atoms with E-state index in [1.807, 2.05) is 0 Å². The molecule has 0 aliphatic carbocycles. The minimum atomic E-state index is -4.16. The van der Waals surface area contributed by atoms with Gasteiger partial charge < -0.3 is 15.2 Å². The lowest BCUT2D eigenvalue weighted by Gasteiger charge is -2.37. The number of carboxylic acid groups (broad SMARTS) is 1. The molecule has 12 heteroatoms. The van der Waals surface area contributed by atoms with Crippen molar-refractivity contribution in [2.45, 2.75) is 30.4 Å². The monoisotopic (exact) mass is 494 g/mol. The topological polar surface area (TPSA) is 128 Å². The number of ether oxygens (including phenoxy) is 1. The number of anilines is 2. The van der Waals surface area contributed by atoms with Crippen LogP contribution in [-0.4, -0.2) is 69.3 Å². The molecule has 0 bridgehead atoms. The highest BCUT2D eigenvalue weighted by atomic mass is 32.2. The van der Waals surface area contributed by atoms with Gasteiger partial charge in [-0.2, -0.15) is 0 Å². The first-order valence-electron chi connectivity index (χ1n) is 10.4. The third kappa shape index (κ3) is 5.23. The number of nitrogens with zero attached hydrogens (tertiary/aromatic N) is 2. The van der Waals surface area contributed by atoms with Crippen molar-refractivity contribution in [1.82, 2.24) is 10.2 Å². The van der Waals surface area contributed by atoms with Gasteiger partial charge in [-0.25, -0.2) is 17.6 Å². The van der Waals surface area contributed by atoms with Gasteiger partial charge in [0.25, 0.3) is 10.0 Å². The average Bonchev–Trinajstić information content (AvgIpc) is 2.76. The normalized spacial score (nSPS) is 15.9. The molecule has 34 heavy (non-hydrogen) atoms. The Bertz CT molecular complexity index is 1180. The molecule has 1 atom stereocenters. The van der Waals surface area contributed by atoms with Gasteiger partial charge in [0.1, 0.15) is 17.7 Å². The van der Waals surface area contributed by atoms with Crippen molar-refractivity contribution in [1.29, 1.82) is 0 Å². The van der Waals surface area contributed by atoms with Gasteiger partial charge in [0, 0.05) is 5.69 Å². The molecule has 2 aromatic carbocycles. The third-order valence-electron chi connectivity index (χ3n) is 5.71.